The fourth-order valence-electron chi connectivity index (χ4n) is 1.55. The molecule has 0 fully saturated rings. The standard InChI is InChI=1S/C14H10F3NO/c15-14(16,17)12-8-4-5-10(13(12)19)9-18-11-6-2-1-3-7-11/h1-9,19H/b18-9+. The summed E-state index contributed by atoms with van der Waals surface area (Å²) in [6, 6.07) is 12.2. The average molecular weight is 265 g/mol. The molecule has 19 heavy (non-hydrogen) atoms. The number of aliphatic imine (C=N–C) groups is 1. The van der Waals surface area contributed by atoms with Gasteiger partial charge in [0.05, 0.1) is 11.3 Å². The highest BCUT2D eigenvalue weighted by molar-refractivity contribution is 5.86. The van der Waals surface area contributed by atoms with Crippen molar-refractivity contribution in [2.75, 3.05) is 0 Å². The van der Waals surface area contributed by atoms with Gasteiger partial charge in [-0.3, -0.25) is 4.99 Å². The lowest BCUT2D eigenvalue weighted by Crippen LogP contribution is -2.06. The van der Waals surface area contributed by atoms with Gasteiger partial charge < -0.3 is 5.11 Å². The number of nitrogens with zero attached hydrogens (tertiary/aromatic N) is 1. The predicted molar refractivity (Wildman–Crippen MR) is 66.8 cm³/mol. The van der Waals surface area contributed by atoms with E-state index >= 15 is 0 Å². The summed E-state index contributed by atoms with van der Waals surface area (Å²) >= 11 is 0. The number of hydrogen-bond donors (Lipinski definition) is 1. The Morgan fingerprint density at radius 3 is 2.26 bits per heavy atom. The molecule has 0 aliphatic heterocycles. The smallest absolute Gasteiger partial charge is 0.419 e. The highest BCUT2D eigenvalue weighted by atomic mass is 19.4. The number of rotatable bonds is 2. The number of aromatic hydroxyl groups is 1. The Morgan fingerprint density at radius 2 is 1.63 bits per heavy atom. The first-order chi connectivity index (χ1) is 8.98. The molecule has 2 nitrogen and oxygen atoms in total. The van der Waals surface area contributed by atoms with Crippen LogP contribution >= 0.6 is 0 Å². The third-order valence-electron chi connectivity index (χ3n) is 2.48. The van der Waals surface area contributed by atoms with Gasteiger partial charge in [-0.1, -0.05) is 24.3 Å². The van der Waals surface area contributed by atoms with Crippen molar-refractivity contribution in [1.82, 2.24) is 0 Å². The Balaban J connectivity index is 2.34. The Morgan fingerprint density at radius 1 is 0.947 bits per heavy atom. The van der Waals surface area contributed by atoms with E-state index in [-0.39, 0.29) is 5.56 Å². The van der Waals surface area contributed by atoms with Crippen LogP contribution in [-0.4, -0.2) is 11.3 Å². The van der Waals surface area contributed by atoms with Crippen LogP contribution in [0.5, 0.6) is 5.75 Å². The van der Waals surface area contributed by atoms with E-state index in [2.05, 4.69) is 4.99 Å². The summed E-state index contributed by atoms with van der Waals surface area (Å²) in [7, 11) is 0. The highest BCUT2D eigenvalue weighted by Gasteiger charge is 2.34. The zero-order chi connectivity index (χ0) is 13.9. The second-order valence-corrected chi connectivity index (χ2v) is 3.83. The van der Waals surface area contributed by atoms with E-state index in [1.165, 1.54) is 18.3 Å². The van der Waals surface area contributed by atoms with Crippen molar-refractivity contribution >= 4 is 11.9 Å². The van der Waals surface area contributed by atoms with Gasteiger partial charge in [0, 0.05) is 11.8 Å². The molecule has 0 saturated heterocycles. The van der Waals surface area contributed by atoms with Crippen LogP contribution in [0.2, 0.25) is 0 Å². The summed E-state index contributed by atoms with van der Waals surface area (Å²) in [4.78, 5) is 4.01. The molecule has 0 aliphatic rings. The molecule has 0 saturated carbocycles. The number of para-hydroxylation sites is 2. The molecular weight excluding hydrogens is 255 g/mol. The first kappa shape index (κ1) is 13.1. The monoisotopic (exact) mass is 265 g/mol. The average Bonchev–Trinajstić information content (AvgIpc) is 2.37. The first-order valence-electron chi connectivity index (χ1n) is 5.47. The minimum Gasteiger partial charge on any atom is -0.507 e. The van der Waals surface area contributed by atoms with Gasteiger partial charge in [0.25, 0.3) is 0 Å². The van der Waals surface area contributed by atoms with Crippen molar-refractivity contribution in [1.29, 1.82) is 0 Å². The van der Waals surface area contributed by atoms with E-state index in [0.717, 1.165) is 6.07 Å². The van der Waals surface area contributed by atoms with Gasteiger partial charge in [-0.15, -0.1) is 0 Å². The van der Waals surface area contributed by atoms with Crippen molar-refractivity contribution in [3.05, 3.63) is 59.7 Å². The molecule has 0 aromatic heterocycles. The molecule has 2 aromatic carbocycles. The van der Waals surface area contributed by atoms with Crippen LogP contribution in [0.4, 0.5) is 18.9 Å². The molecule has 0 spiro atoms. The Kier molecular flexibility index (Phi) is 3.55. The largest absolute Gasteiger partial charge is 0.507 e. The molecule has 2 rings (SSSR count). The Bertz CT molecular complexity index is 591. The van der Waals surface area contributed by atoms with Gasteiger partial charge in [-0.05, 0) is 24.3 Å². The fourth-order valence-corrected chi connectivity index (χ4v) is 1.55. The van der Waals surface area contributed by atoms with Gasteiger partial charge in [0.15, 0.2) is 0 Å². The number of hydrogen-bond acceptors (Lipinski definition) is 2. The van der Waals surface area contributed by atoms with Gasteiger partial charge in [-0.25, -0.2) is 0 Å². The number of alkyl halides is 3. The molecule has 0 amide bonds. The molecule has 0 atom stereocenters. The van der Waals surface area contributed by atoms with Gasteiger partial charge in [0.1, 0.15) is 5.75 Å². The van der Waals surface area contributed by atoms with Crippen molar-refractivity contribution in [2.45, 2.75) is 6.18 Å². The molecule has 0 heterocycles. The SMILES string of the molecule is Oc1c(/C=N/c2ccccc2)cccc1C(F)(F)F. The second-order valence-electron chi connectivity index (χ2n) is 3.83. The van der Waals surface area contributed by atoms with E-state index in [4.69, 9.17) is 0 Å². The first-order valence-corrected chi connectivity index (χ1v) is 5.47. The van der Waals surface area contributed by atoms with Crippen LogP contribution in [0.25, 0.3) is 0 Å². The summed E-state index contributed by atoms with van der Waals surface area (Å²) in [6.07, 6.45) is -3.37. The number of benzene rings is 2. The van der Waals surface area contributed by atoms with Gasteiger partial charge in [-0.2, -0.15) is 13.2 Å². The molecule has 98 valence electrons. The molecule has 0 bridgehead atoms. The molecule has 1 N–H and O–H groups in total. The third kappa shape index (κ3) is 3.13. The quantitative estimate of drug-likeness (QED) is 0.812. The highest BCUT2D eigenvalue weighted by Crippen LogP contribution is 2.36. The lowest BCUT2D eigenvalue weighted by Gasteiger charge is -2.10. The molecular formula is C14H10F3NO. The summed E-state index contributed by atoms with van der Waals surface area (Å²) in [5.74, 6) is -0.810. The van der Waals surface area contributed by atoms with Crippen LogP contribution < -0.4 is 0 Å². The molecule has 0 unspecified atom stereocenters. The van der Waals surface area contributed by atoms with E-state index in [9.17, 15) is 18.3 Å². The minimum absolute atomic E-state index is 0.0266. The summed E-state index contributed by atoms with van der Waals surface area (Å²) < 4.78 is 37.8. The zero-order valence-electron chi connectivity index (χ0n) is 9.72. The topological polar surface area (TPSA) is 32.6 Å². The maximum Gasteiger partial charge on any atom is 0.419 e. The van der Waals surface area contributed by atoms with E-state index in [0.29, 0.717) is 5.69 Å². The van der Waals surface area contributed by atoms with E-state index in [1.807, 2.05) is 0 Å². The minimum atomic E-state index is -4.58. The number of phenolic OH excluding ortho intramolecular Hbond substituents is 1. The van der Waals surface area contributed by atoms with Crippen molar-refractivity contribution in [3.8, 4) is 5.75 Å². The number of phenols is 1. The third-order valence-corrected chi connectivity index (χ3v) is 2.48. The van der Waals surface area contributed by atoms with Crippen LogP contribution in [0.3, 0.4) is 0 Å². The van der Waals surface area contributed by atoms with Crippen LogP contribution in [0.1, 0.15) is 11.1 Å². The van der Waals surface area contributed by atoms with Crippen LogP contribution in [0, 0.1) is 0 Å². The van der Waals surface area contributed by atoms with Crippen LogP contribution in [0.15, 0.2) is 53.5 Å². The van der Waals surface area contributed by atoms with Crippen molar-refractivity contribution in [2.24, 2.45) is 4.99 Å². The van der Waals surface area contributed by atoms with Crippen molar-refractivity contribution in [3.63, 3.8) is 0 Å². The molecule has 2 aromatic rings. The van der Waals surface area contributed by atoms with Crippen molar-refractivity contribution < 1.29 is 18.3 Å². The van der Waals surface area contributed by atoms with Gasteiger partial charge in [0.2, 0.25) is 0 Å². The second kappa shape index (κ2) is 5.14. The lowest BCUT2D eigenvalue weighted by molar-refractivity contribution is -0.138. The molecule has 0 aliphatic carbocycles. The summed E-state index contributed by atoms with van der Waals surface area (Å²) in [5, 5.41) is 9.59. The molecule has 0 radical (unpaired) electrons. The Hall–Kier alpha value is -2.30. The Labute approximate surface area is 107 Å². The summed E-state index contributed by atoms with van der Waals surface area (Å²) in [6.45, 7) is 0. The predicted octanol–water partition coefficient (Wildman–Crippen LogP) is 4.16. The zero-order valence-corrected chi connectivity index (χ0v) is 9.72. The van der Waals surface area contributed by atoms with E-state index < -0.39 is 17.5 Å². The van der Waals surface area contributed by atoms with E-state index in [1.54, 1.807) is 30.3 Å². The number of halogens is 3. The lowest BCUT2D eigenvalue weighted by atomic mass is 10.1. The van der Waals surface area contributed by atoms with Gasteiger partial charge >= 0.3 is 6.18 Å². The maximum absolute atomic E-state index is 12.6. The normalized spacial score (nSPS) is 11.9. The fraction of sp³-hybridized carbons (Fsp3) is 0.0714. The maximum atomic E-state index is 12.6. The summed E-state index contributed by atoms with van der Waals surface area (Å²) in [5.41, 5.74) is -0.442. The van der Waals surface area contributed by atoms with Crippen LogP contribution in [-0.2, 0) is 6.18 Å². The molecule has 5 heteroatoms.